The second-order valence-electron chi connectivity index (χ2n) is 7.12. The molecule has 2 atom stereocenters. The number of nitrogens with one attached hydrogen (secondary N) is 2. The lowest BCUT2D eigenvalue weighted by Gasteiger charge is -2.23. The molecule has 2 unspecified atom stereocenters. The standard InChI is InChI=1S/C21H30N4O2.ClH/c1-3-4-7-19(16-8-10-18(27-2)11-9-16)23-21(26)20-12-14-25(24-20)17-6-5-13-22-15-17;/h8-12,14,17,19,22H,3-7,13,15H2,1-2H3,(H,23,26);1H. The van der Waals surface area contributed by atoms with Gasteiger partial charge in [0.05, 0.1) is 19.2 Å². The molecule has 2 heterocycles. The Morgan fingerprint density at radius 1 is 1.36 bits per heavy atom. The smallest absolute Gasteiger partial charge is 0.272 e. The van der Waals surface area contributed by atoms with Crippen molar-refractivity contribution in [2.24, 2.45) is 0 Å². The number of unbranched alkanes of at least 4 members (excludes halogenated alkanes) is 1. The van der Waals surface area contributed by atoms with Gasteiger partial charge in [-0.25, -0.2) is 0 Å². The SMILES string of the molecule is CCCCC(NC(=O)c1ccn(C2CCCNC2)n1)c1ccc(OC)cc1.Cl. The summed E-state index contributed by atoms with van der Waals surface area (Å²) in [5, 5.41) is 11.1. The van der Waals surface area contributed by atoms with Crippen molar-refractivity contribution < 1.29 is 9.53 Å². The first-order chi connectivity index (χ1) is 13.2. The second-order valence-corrected chi connectivity index (χ2v) is 7.12. The summed E-state index contributed by atoms with van der Waals surface area (Å²) in [4.78, 5) is 12.8. The molecule has 6 nitrogen and oxygen atoms in total. The molecule has 1 saturated heterocycles. The highest BCUT2D eigenvalue weighted by Gasteiger charge is 2.20. The van der Waals surface area contributed by atoms with Crippen LogP contribution in [0.2, 0.25) is 0 Å². The monoisotopic (exact) mass is 406 g/mol. The van der Waals surface area contributed by atoms with Crippen LogP contribution in [0, 0.1) is 0 Å². The average molecular weight is 407 g/mol. The third-order valence-corrected chi connectivity index (χ3v) is 5.16. The number of piperidine rings is 1. The van der Waals surface area contributed by atoms with E-state index in [1.807, 2.05) is 41.2 Å². The minimum absolute atomic E-state index is 0. The summed E-state index contributed by atoms with van der Waals surface area (Å²) < 4.78 is 7.16. The molecule has 1 aliphatic heterocycles. The molecule has 0 radical (unpaired) electrons. The molecule has 3 rings (SSSR count). The summed E-state index contributed by atoms with van der Waals surface area (Å²) >= 11 is 0. The van der Waals surface area contributed by atoms with Crippen LogP contribution in [0.1, 0.15) is 67.2 Å². The molecular weight excluding hydrogens is 376 g/mol. The summed E-state index contributed by atoms with van der Waals surface area (Å²) in [5.74, 6) is 0.702. The number of nitrogens with zero attached hydrogens (tertiary/aromatic N) is 2. The largest absolute Gasteiger partial charge is 0.497 e. The lowest BCUT2D eigenvalue weighted by Crippen LogP contribution is -2.32. The number of ether oxygens (including phenoxy) is 1. The molecule has 7 heteroatoms. The van der Waals surface area contributed by atoms with E-state index in [1.54, 1.807) is 7.11 Å². The van der Waals surface area contributed by atoms with E-state index in [9.17, 15) is 4.79 Å². The number of aromatic nitrogens is 2. The highest BCUT2D eigenvalue weighted by atomic mass is 35.5. The van der Waals surface area contributed by atoms with Crippen LogP contribution in [0.4, 0.5) is 0 Å². The molecule has 2 N–H and O–H groups in total. The number of hydrogen-bond donors (Lipinski definition) is 2. The van der Waals surface area contributed by atoms with Gasteiger partial charge in [-0.2, -0.15) is 5.10 Å². The lowest BCUT2D eigenvalue weighted by atomic mass is 10.0. The van der Waals surface area contributed by atoms with Crippen LogP contribution >= 0.6 is 12.4 Å². The maximum absolute atomic E-state index is 12.8. The molecule has 2 aromatic rings. The van der Waals surface area contributed by atoms with Gasteiger partial charge in [-0.05, 0) is 49.6 Å². The maximum atomic E-state index is 12.8. The van der Waals surface area contributed by atoms with Crippen LogP contribution in [0.25, 0.3) is 0 Å². The molecule has 1 aromatic heterocycles. The molecule has 1 aromatic carbocycles. The van der Waals surface area contributed by atoms with Crippen LogP contribution in [-0.4, -0.2) is 35.9 Å². The van der Waals surface area contributed by atoms with E-state index in [0.717, 1.165) is 56.5 Å². The van der Waals surface area contributed by atoms with Crippen molar-refractivity contribution in [2.45, 2.75) is 51.1 Å². The molecule has 28 heavy (non-hydrogen) atoms. The van der Waals surface area contributed by atoms with E-state index in [-0.39, 0.29) is 24.4 Å². The maximum Gasteiger partial charge on any atom is 0.272 e. The van der Waals surface area contributed by atoms with E-state index < -0.39 is 0 Å². The number of methoxy groups -OCH3 is 1. The Morgan fingerprint density at radius 2 is 2.14 bits per heavy atom. The molecule has 1 fully saturated rings. The summed E-state index contributed by atoms with van der Waals surface area (Å²) in [6, 6.07) is 10.0. The third-order valence-electron chi connectivity index (χ3n) is 5.16. The number of amides is 1. The van der Waals surface area contributed by atoms with Crippen molar-refractivity contribution in [1.29, 1.82) is 0 Å². The van der Waals surface area contributed by atoms with Gasteiger partial charge < -0.3 is 15.4 Å². The summed E-state index contributed by atoms with van der Waals surface area (Å²) in [6.07, 6.45) is 7.21. The molecule has 0 saturated carbocycles. The van der Waals surface area contributed by atoms with Gasteiger partial charge in [0.25, 0.3) is 5.91 Å². The molecule has 1 aliphatic rings. The zero-order chi connectivity index (χ0) is 19.1. The van der Waals surface area contributed by atoms with Gasteiger partial charge in [-0.3, -0.25) is 9.48 Å². The van der Waals surface area contributed by atoms with Crippen molar-refractivity contribution in [3.63, 3.8) is 0 Å². The van der Waals surface area contributed by atoms with Crippen molar-refractivity contribution in [2.75, 3.05) is 20.2 Å². The number of hydrogen-bond acceptors (Lipinski definition) is 4. The third kappa shape index (κ3) is 5.72. The van der Waals surface area contributed by atoms with Crippen LogP contribution in [0.15, 0.2) is 36.5 Å². The second kappa shape index (κ2) is 11.1. The Balaban J connectivity index is 0.00000280. The Bertz CT molecular complexity index is 726. The normalized spacial score (nSPS) is 17.4. The Kier molecular flexibility index (Phi) is 8.80. The first kappa shape index (κ1) is 22.2. The van der Waals surface area contributed by atoms with Gasteiger partial charge in [0.15, 0.2) is 0 Å². The number of rotatable bonds is 8. The number of benzene rings is 1. The Hall–Kier alpha value is -2.05. The highest BCUT2D eigenvalue weighted by molar-refractivity contribution is 5.92. The van der Waals surface area contributed by atoms with Crippen LogP contribution < -0.4 is 15.4 Å². The lowest BCUT2D eigenvalue weighted by molar-refractivity contribution is 0.0927. The predicted molar refractivity (Wildman–Crippen MR) is 113 cm³/mol. The molecule has 0 bridgehead atoms. The van der Waals surface area contributed by atoms with Gasteiger partial charge in [-0.1, -0.05) is 31.9 Å². The van der Waals surface area contributed by atoms with Gasteiger partial charge in [0.1, 0.15) is 11.4 Å². The quantitative estimate of drug-likeness (QED) is 0.697. The topological polar surface area (TPSA) is 68.2 Å². The van der Waals surface area contributed by atoms with Gasteiger partial charge in [-0.15, -0.1) is 12.4 Å². The molecule has 0 aliphatic carbocycles. The number of carbonyl (C=O) groups excluding carboxylic acids is 1. The van der Waals surface area contributed by atoms with Crippen molar-refractivity contribution in [3.05, 3.63) is 47.8 Å². The van der Waals surface area contributed by atoms with Gasteiger partial charge in [0, 0.05) is 12.7 Å². The zero-order valence-electron chi connectivity index (χ0n) is 16.7. The molecule has 1 amide bonds. The predicted octanol–water partition coefficient (Wildman–Crippen LogP) is 3.90. The Labute approximate surface area is 173 Å². The minimum Gasteiger partial charge on any atom is -0.497 e. The minimum atomic E-state index is -0.116. The number of carbonyl (C=O) groups is 1. The van der Waals surface area contributed by atoms with E-state index in [2.05, 4.69) is 22.7 Å². The van der Waals surface area contributed by atoms with E-state index in [4.69, 9.17) is 4.74 Å². The fourth-order valence-corrected chi connectivity index (χ4v) is 3.52. The molecule has 154 valence electrons. The summed E-state index contributed by atoms with van der Waals surface area (Å²) in [5.41, 5.74) is 1.57. The van der Waals surface area contributed by atoms with Gasteiger partial charge >= 0.3 is 0 Å². The summed E-state index contributed by atoms with van der Waals surface area (Å²) in [7, 11) is 1.66. The number of halogens is 1. The van der Waals surface area contributed by atoms with Crippen molar-refractivity contribution >= 4 is 18.3 Å². The van der Waals surface area contributed by atoms with E-state index in [1.165, 1.54) is 0 Å². The van der Waals surface area contributed by atoms with Crippen molar-refractivity contribution in [1.82, 2.24) is 20.4 Å². The van der Waals surface area contributed by atoms with Crippen LogP contribution in [0.5, 0.6) is 5.75 Å². The molecular formula is C21H31ClN4O2. The van der Waals surface area contributed by atoms with E-state index >= 15 is 0 Å². The summed E-state index contributed by atoms with van der Waals surface area (Å²) in [6.45, 7) is 4.13. The zero-order valence-corrected chi connectivity index (χ0v) is 17.5. The van der Waals surface area contributed by atoms with Crippen molar-refractivity contribution in [3.8, 4) is 5.75 Å². The fourth-order valence-electron chi connectivity index (χ4n) is 3.52. The fraction of sp³-hybridized carbons (Fsp3) is 0.524. The van der Waals surface area contributed by atoms with Crippen LogP contribution in [0.3, 0.4) is 0 Å². The average Bonchev–Trinajstić information content (AvgIpc) is 3.22. The first-order valence-electron chi connectivity index (χ1n) is 9.92. The van der Waals surface area contributed by atoms with E-state index in [0.29, 0.717) is 11.7 Å². The highest BCUT2D eigenvalue weighted by Crippen LogP contribution is 2.23. The van der Waals surface area contributed by atoms with Gasteiger partial charge in [0.2, 0.25) is 0 Å². The Morgan fingerprint density at radius 3 is 2.79 bits per heavy atom. The first-order valence-corrected chi connectivity index (χ1v) is 9.92. The molecule has 0 spiro atoms. The van der Waals surface area contributed by atoms with Crippen LogP contribution in [-0.2, 0) is 0 Å².